The highest BCUT2D eigenvalue weighted by molar-refractivity contribution is 7.90. The van der Waals surface area contributed by atoms with E-state index in [0.717, 1.165) is 11.8 Å². The molecule has 2 aromatic rings. The molecule has 0 aliphatic rings. The van der Waals surface area contributed by atoms with Crippen molar-refractivity contribution < 1.29 is 22.7 Å². The van der Waals surface area contributed by atoms with E-state index >= 15 is 0 Å². The van der Waals surface area contributed by atoms with Crippen LogP contribution in [0.2, 0.25) is 0 Å². The number of nitrogens with zero attached hydrogens (tertiary/aromatic N) is 1. The Hall–Kier alpha value is -2.58. The highest BCUT2D eigenvalue weighted by atomic mass is 32.2. The summed E-state index contributed by atoms with van der Waals surface area (Å²) in [6, 6.07) is 11.9. The number of benzene rings is 2. The van der Waals surface area contributed by atoms with E-state index in [-0.39, 0.29) is 17.3 Å². The molecule has 0 radical (unpaired) electrons. The number of anilines is 1. The van der Waals surface area contributed by atoms with Gasteiger partial charge in [0.2, 0.25) is 5.91 Å². The van der Waals surface area contributed by atoms with Gasteiger partial charge in [-0.05, 0) is 55.4 Å². The Kier molecular flexibility index (Phi) is 8.04. The van der Waals surface area contributed by atoms with Crippen molar-refractivity contribution >= 4 is 21.4 Å². The Balaban J connectivity index is 1.99. The summed E-state index contributed by atoms with van der Waals surface area (Å²) < 4.78 is 33.9. The summed E-state index contributed by atoms with van der Waals surface area (Å²) in [7, 11) is -1.66. The summed E-state index contributed by atoms with van der Waals surface area (Å²) >= 11 is 0. The lowest BCUT2D eigenvalue weighted by Gasteiger charge is -2.21. The van der Waals surface area contributed by atoms with Crippen LogP contribution in [0.3, 0.4) is 0 Å². The van der Waals surface area contributed by atoms with Crippen molar-refractivity contribution in [3.8, 4) is 11.5 Å². The third-order valence-electron chi connectivity index (χ3n) is 4.31. The van der Waals surface area contributed by atoms with Crippen LogP contribution in [0.1, 0.15) is 19.4 Å². The van der Waals surface area contributed by atoms with E-state index in [9.17, 15) is 13.2 Å². The van der Waals surface area contributed by atoms with Gasteiger partial charge in [0, 0.05) is 18.5 Å². The third-order valence-corrected chi connectivity index (χ3v) is 5.44. The zero-order chi connectivity index (χ0) is 21.4. The summed E-state index contributed by atoms with van der Waals surface area (Å²) in [5.74, 6) is 1.18. The van der Waals surface area contributed by atoms with Crippen molar-refractivity contribution in [1.29, 1.82) is 0 Å². The van der Waals surface area contributed by atoms with Gasteiger partial charge in [-0.3, -0.25) is 9.69 Å². The number of amides is 1. The predicted molar refractivity (Wildman–Crippen MR) is 113 cm³/mol. The number of carbonyl (C=O) groups is 1. The van der Waals surface area contributed by atoms with E-state index in [0.29, 0.717) is 36.9 Å². The molecule has 0 heterocycles. The number of rotatable bonds is 10. The molecular formula is C21H28N2O5S. The normalized spacial score (nSPS) is 11.3. The molecule has 1 amide bonds. The summed E-state index contributed by atoms with van der Waals surface area (Å²) in [5, 5.41) is 2.80. The molecule has 2 rings (SSSR count). The van der Waals surface area contributed by atoms with Crippen molar-refractivity contribution in [1.82, 2.24) is 4.90 Å². The maximum Gasteiger partial charge on any atom is 0.238 e. The van der Waals surface area contributed by atoms with Gasteiger partial charge in [0.1, 0.15) is 0 Å². The Bertz CT molecular complexity index is 927. The molecule has 0 bridgehead atoms. The van der Waals surface area contributed by atoms with Crippen molar-refractivity contribution in [3.63, 3.8) is 0 Å². The minimum Gasteiger partial charge on any atom is -0.493 e. The summed E-state index contributed by atoms with van der Waals surface area (Å²) in [4.78, 5) is 14.6. The fraction of sp³-hybridized carbons (Fsp3) is 0.381. The molecule has 0 aromatic heterocycles. The predicted octanol–water partition coefficient (Wildman–Crippen LogP) is 2.96. The van der Waals surface area contributed by atoms with Crippen LogP contribution in [0.25, 0.3) is 0 Å². The first-order valence-corrected chi connectivity index (χ1v) is 11.3. The smallest absolute Gasteiger partial charge is 0.238 e. The maximum absolute atomic E-state index is 12.4. The van der Waals surface area contributed by atoms with Crippen LogP contribution < -0.4 is 14.8 Å². The van der Waals surface area contributed by atoms with Crippen molar-refractivity contribution in [2.24, 2.45) is 0 Å². The fourth-order valence-corrected chi connectivity index (χ4v) is 3.44. The van der Waals surface area contributed by atoms with Gasteiger partial charge in [0.15, 0.2) is 21.3 Å². The number of nitrogens with one attached hydrogen (secondary N) is 1. The second-order valence-electron chi connectivity index (χ2n) is 6.57. The van der Waals surface area contributed by atoms with Gasteiger partial charge in [0.05, 0.1) is 25.2 Å². The van der Waals surface area contributed by atoms with Gasteiger partial charge < -0.3 is 14.8 Å². The van der Waals surface area contributed by atoms with Crippen LogP contribution in [-0.4, -0.2) is 52.3 Å². The maximum atomic E-state index is 12.4. The molecular weight excluding hydrogens is 392 g/mol. The van der Waals surface area contributed by atoms with E-state index in [1.54, 1.807) is 19.2 Å². The molecule has 0 unspecified atom stereocenters. The molecule has 158 valence electrons. The van der Waals surface area contributed by atoms with Gasteiger partial charge in [-0.15, -0.1) is 0 Å². The zero-order valence-corrected chi connectivity index (χ0v) is 18.1. The summed E-state index contributed by atoms with van der Waals surface area (Å²) in [5.41, 5.74) is 1.57. The largest absolute Gasteiger partial charge is 0.493 e. The SMILES string of the molecule is CCOc1ccc(CN(CC)CC(=O)Nc2ccc(S(C)(=O)=O)cc2)cc1OC. The molecule has 0 atom stereocenters. The minimum absolute atomic E-state index is 0.170. The Morgan fingerprint density at radius 3 is 2.31 bits per heavy atom. The number of hydrogen-bond donors (Lipinski definition) is 1. The van der Waals surface area contributed by atoms with Crippen LogP contribution in [0, 0.1) is 0 Å². The molecule has 0 aliphatic heterocycles. The van der Waals surface area contributed by atoms with Gasteiger partial charge >= 0.3 is 0 Å². The van der Waals surface area contributed by atoms with Crippen LogP contribution in [0.15, 0.2) is 47.4 Å². The molecule has 0 saturated heterocycles. The fourth-order valence-electron chi connectivity index (χ4n) is 2.81. The van der Waals surface area contributed by atoms with Gasteiger partial charge in [-0.25, -0.2) is 8.42 Å². The van der Waals surface area contributed by atoms with Gasteiger partial charge in [-0.2, -0.15) is 0 Å². The van der Waals surface area contributed by atoms with Crippen LogP contribution in [0.5, 0.6) is 11.5 Å². The lowest BCUT2D eigenvalue weighted by Crippen LogP contribution is -2.32. The number of ether oxygens (including phenoxy) is 2. The number of likely N-dealkylation sites (N-methyl/N-ethyl adjacent to an activating group) is 1. The first-order valence-electron chi connectivity index (χ1n) is 9.38. The van der Waals surface area contributed by atoms with E-state index in [4.69, 9.17) is 9.47 Å². The standard InChI is InChI=1S/C21H28N2O5S/c1-5-23(14-16-7-12-19(28-6-2)20(13-16)27-3)15-21(24)22-17-8-10-18(11-9-17)29(4,25)26/h7-13H,5-6,14-15H2,1-4H3,(H,22,24). The topological polar surface area (TPSA) is 84.9 Å². The lowest BCUT2D eigenvalue weighted by molar-refractivity contribution is -0.117. The summed E-state index contributed by atoms with van der Waals surface area (Å²) in [6.07, 6.45) is 1.15. The number of sulfone groups is 1. The first kappa shape index (κ1) is 22.7. The molecule has 7 nitrogen and oxygen atoms in total. The van der Waals surface area contributed by atoms with E-state index in [1.165, 1.54) is 12.1 Å². The molecule has 0 saturated carbocycles. The number of methoxy groups -OCH3 is 1. The molecule has 29 heavy (non-hydrogen) atoms. The zero-order valence-electron chi connectivity index (χ0n) is 17.3. The van der Waals surface area contributed by atoms with Gasteiger partial charge in [-0.1, -0.05) is 13.0 Å². The number of carbonyl (C=O) groups excluding carboxylic acids is 1. The first-order chi connectivity index (χ1) is 13.8. The van der Waals surface area contributed by atoms with Crippen molar-refractivity contribution in [3.05, 3.63) is 48.0 Å². The Labute approximate surface area is 172 Å². The van der Waals surface area contributed by atoms with Crippen molar-refractivity contribution in [2.75, 3.05) is 38.4 Å². The lowest BCUT2D eigenvalue weighted by atomic mass is 10.2. The highest BCUT2D eigenvalue weighted by Gasteiger charge is 2.13. The Morgan fingerprint density at radius 1 is 1.07 bits per heavy atom. The van der Waals surface area contributed by atoms with Crippen LogP contribution in [-0.2, 0) is 21.2 Å². The van der Waals surface area contributed by atoms with Gasteiger partial charge in [0.25, 0.3) is 0 Å². The molecule has 0 aliphatic carbocycles. The average molecular weight is 421 g/mol. The second-order valence-corrected chi connectivity index (χ2v) is 8.58. The summed E-state index contributed by atoms with van der Waals surface area (Å²) in [6.45, 7) is 5.94. The molecule has 8 heteroatoms. The highest BCUT2D eigenvalue weighted by Crippen LogP contribution is 2.28. The van der Waals surface area contributed by atoms with Crippen LogP contribution >= 0.6 is 0 Å². The minimum atomic E-state index is -3.26. The molecule has 0 fully saturated rings. The Morgan fingerprint density at radius 2 is 1.76 bits per heavy atom. The number of hydrogen-bond acceptors (Lipinski definition) is 6. The van der Waals surface area contributed by atoms with E-state index in [2.05, 4.69) is 5.32 Å². The quantitative estimate of drug-likeness (QED) is 0.636. The molecule has 2 aromatic carbocycles. The molecule has 1 N–H and O–H groups in total. The van der Waals surface area contributed by atoms with E-state index in [1.807, 2.05) is 36.9 Å². The molecule has 0 spiro atoms. The average Bonchev–Trinajstić information content (AvgIpc) is 2.68. The monoisotopic (exact) mass is 420 g/mol. The van der Waals surface area contributed by atoms with Crippen LogP contribution in [0.4, 0.5) is 5.69 Å². The third kappa shape index (κ3) is 6.76. The second kappa shape index (κ2) is 10.3. The van der Waals surface area contributed by atoms with E-state index < -0.39 is 9.84 Å². The van der Waals surface area contributed by atoms with Crippen molar-refractivity contribution in [2.45, 2.75) is 25.3 Å².